The van der Waals surface area contributed by atoms with Gasteiger partial charge in [-0.05, 0) is 214 Å². The molecule has 0 saturated heterocycles. The highest BCUT2D eigenvalue weighted by Gasteiger charge is 2.16. The fourth-order valence-corrected chi connectivity index (χ4v) is 9.32. The molecule has 6 heterocycles. The lowest BCUT2D eigenvalue weighted by Crippen LogP contribution is -2.10. The Morgan fingerprint density at radius 3 is 1.41 bits per heavy atom. The number of hydrogen-bond acceptors (Lipinski definition) is 29. The maximum Gasteiger partial charge on any atom is 0.339 e. The fraction of sp³-hybridized carbons (Fsp3) is 0.393. The first-order valence-corrected chi connectivity index (χ1v) is 46.1. The Balaban J connectivity index is -0.000000515. The van der Waals surface area contributed by atoms with Crippen LogP contribution in [0.2, 0.25) is 5.15 Å². The van der Waals surface area contributed by atoms with Gasteiger partial charge in [0.2, 0.25) is 0 Å². The lowest BCUT2D eigenvalue weighted by Gasteiger charge is -2.11. The number of allylic oxidation sites excluding steroid dienone is 1. The topological polar surface area (TPSA) is 331 Å². The lowest BCUT2D eigenvalue weighted by atomic mass is 10.0. The standard InChI is InChI=1S/C12H16N2O2S.C10H10N2OS.C7H9IN2S.C7H10N2S.C6H7ClN2S.C6H8N2OS.C6H10O3.C4H6O2.C3H7NS.Br2.Cl3OP/c1-5-16-11(15)7-6-10-8(2)13-12(17-4)14-9(10)3;1-6-8-4-3-7(13)5-9(8)12-10(11-6)14-2;1-4-6(8)5(2)10-7(9-4)11-3;1-5-4-6(2)9-7(8-5)10-3;1-4-3-5(7)9-6(8-4)10-2;1-4-3-5(9)8-6(7-4)10-2;1-3-9-6(8)4-5(2)7;1-3-4(5)6-2;1-3(4)5-2;1-2;1-5(2,3)4/h6-7H,5H2,1-4H3;3-4H,5H2,1-2H3;1-3H3;4H,1-3H3;3H,1-2H3;3H,1-2H3,(H,7,8,9);3-4H2,1-2H3;3H,1H2,2H3;1,4H2,2H3;;/b7-6+;;;;;;;;;;. The predicted octanol–water partition coefficient (Wildman–Crippen LogP) is 17.4. The molecule has 0 aliphatic heterocycles. The summed E-state index contributed by atoms with van der Waals surface area (Å²) in [5, 5.41) is 2.56. The molecule has 23 nitrogen and oxygen atoms in total. The maximum absolute atomic E-state index is 11.2. The van der Waals surface area contributed by atoms with E-state index >= 15 is 0 Å². The van der Waals surface area contributed by atoms with Crippen LogP contribution in [0.25, 0.3) is 12.2 Å². The Labute approximate surface area is 659 Å². The molecule has 38 heteroatoms. The molecule has 99 heavy (non-hydrogen) atoms. The molecule has 3 N–H and O–H groups in total. The van der Waals surface area contributed by atoms with Gasteiger partial charge in [-0.15, -0.1) is 11.8 Å². The number of rotatable bonds is 14. The molecule has 7 rings (SSSR count). The van der Waals surface area contributed by atoms with E-state index in [0.29, 0.717) is 35.0 Å². The number of nitrogens with one attached hydrogen (secondary N) is 1. The number of aromatic nitrogens is 12. The molecule has 0 spiro atoms. The number of esters is 3. The van der Waals surface area contributed by atoms with Crippen LogP contribution in [0.15, 0.2) is 90.3 Å². The van der Waals surface area contributed by atoms with Gasteiger partial charge in [0.1, 0.15) is 17.4 Å². The van der Waals surface area contributed by atoms with Crippen LogP contribution in [0.5, 0.6) is 0 Å². The molecule has 1 aliphatic carbocycles. The minimum atomic E-state index is -3.22. The number of ketones is 2. The second kappa shape index (κ2) is 59.7. The zero-order valence-corrected chi connectivity index (χ0v) is 73.4. The number of methoxy groups -OCH3 is 1. The summed E-state index contributed by atoms with van der Waals surface area (Å²) < 4.78 is 24.1. The van der Waals surface area contributed by atoms with Crippen LogP contribution in [0.1, 0.15) is 95.3 Å². The van der Waals surface area contributed by atoms with E-state index in [1.807, 2.05) is 105 Å². The van der Waals surface area contributed by atoms with Crippen LogP contribution in [-0.2, 0) is 49.2 Å². The second-order valence-electron chi connectivity index (χ2n) is 18.0. The van der Waals surface area contributed by atoms with Crippen molar-refractivity contribution in [1.82, 2.24) is 59.8 Å². The summed E-state index contributed by atoms with van der Waals surface area (Å²) in [7, 11) is 1.31. The zero-order chi connectivity index (χ0) is 77.1. The van der Waals surface area contributed by atoms with Crippen molar-refractivity contribution in [2.75, 3.05) is 64.1 Å². The third kappa shape index (κ3) is 53.7. The van der Waals surface area contributed by atoms with Crippen molar-refractivity contribution < 1.29 is 42.7 Å². The van der Waals surface area contributed by atoms with Gasteiger partial charge in [0.25, 0.3) is 5.56 Å². The minimum absolute atomic E-state index is 0.0862. The van der Waals surface area contributed by atoms with E-state index in [1.165, 1.54) is 88.6 Å². The molecule has 0 radical (unpaired) electrons. The Bertz CT molecular complexity index is 3560. The number of ether oxygens (including phenoxy) is 3. The summed E-state index contributed by atoms with van der Waals surface area (Å²) in [6, 6.07) is 5.18. The zero-order valence-electron chi connectivity index (χ0n) is 58.4. The first-order valence-electron chi connectivity index (χ1n) is 28.0. The summed E-state index contributed by atoms with van der Waals surface area (Å²) in [6.07, 6.45) is 21.4. The van der Waals surface area contributed by atoms with Crippen LogP contribution in [0, 0.1) is 65.9 Å². The van der Waals surface area contributed by atoms with Gasteiger partial charge in [-0.1, -0.05) is 95.3 Å². The number of aryl methyl sites for hydroxylation is 9. The molecule has 0 amide bonds. The van der Waals surface area contributed by atoms with E-state index in [-0.39, 0.29) is 29.5 Å². The van der Waals surface area contributed by atoms with E-state index in [2.05, 4.69) is 167 Å². The van der Waals surface area contributed by atoms with Gasteiger partial charge >= 0.3 is 23.1 Å². The summed E-state index contributed by atoms with van der Waals surface area (Å²) in [4.78, 5) is 113. The van der Waals surface area contributed by atoms with Crippen LogP contribution >= 0.6 is 184 Å². The number of carbonyl (C=O) groups excluding carboxylic acids is 5. The molecule has 0 saturated carbocycles. The lowest BCUT2D eigenvalue weighted by molar-refractivity contribution is -0.145. The van der Waals surface area contributed by atoms with Gasteiger partial charge in [0, 0.05) is 97.5 Å². The SMILES string of the molecule is BrBr.C=C(N)SC.C=CC(=O)OC.CCOC(=O)/C=C/c1c(C)nc(SC)nc1C.CCOC(=O)CC(C)=O.CSc1nc(C)c(I)c(C)n1.CSc1nc(C)c2c(n1)CC(=O)C=C2.CSc1nc(C)cc(=O)[nH]1.CSc1nc(C)cc(C)n1.CSc1nc(C)cc(Cl)n1.O=P(Cl)(Cl)Cl. The van der Waals surface area contributed by atoms with Gasteiger partial charge in [0.15, 0.2) is 36.7 Å². The summed E-state index contributed by atoms with van der Waals surface area (Å²) in [5.41, 5.74) is 16.3. The van der Waals surface area contributed by atoms with E-state index in [9.17, 15) is 33.3 Å². The number of carbonyl (C=O) groups is 5. The Kier molecular flexibility index (Phi) is 61.3. The van der Waals surface area contributed by atoms with E-state index < -0.39 is 17.1 Å². The highest BCUT2D eigenvalue weighted by molar-refractivity contribution is 14.1. The number of thioether (sulfide) groups is 7. The number of nitrogens with two attached hydrogens (primary N) is 1. The number of nitrogens with zero attached hydrogens (tertiary/aromatic N) is 11. The number of H-pyrrole nitrogens is 1. The van der Waals surface area contributed by atoms with Crippen LogP contribution in [0.3, 0.4) is 0 Å². The molecule has 0 atom stereocenters. The molecule has 0 bridgehead atoms. The van der Waals surface area contributed by atoms with Crippen molar-refractivity contribution >= 4 is 225 Å². The number of hydrogen-bond donors (Lipinski definition) is 2. The van der Waals surface area contributed by atoms with Gasteiger partial charge < -0.3 is 24.9 Å². The molecular weight excluding hydrogens is 1760 g/mol. The van der Waals surface area contributed by atoms with Gasteiger partial charge in [-0.2, -0.15) is 0 Å². The number of aromatic amines is 1. The minimum Gasteiger partial charge on any atom is -0.466 e. The van der Waals surface area contributed by atoms with Crippen LogP contribution in [-0.4, -0.2) is 153 Å². The predicted molar refractivity (Wildman–Crippen MR) is 433 cm³/mol. The van der Waals surface area contributed by atoms with Crippen molar-refractivity contribution in [3.63, 3.8) is 0 Å². The first kappa shape index (κ1) is 102. The molecule has 1 aliphatic rings. The van der Waals surface area contributed by atoms with Crippen molar-refractivity contribution in [2.24, 2.45) is 5.73 Å². The molecule has 0 aromatic carbocycles. The largest absolute Gasteiger partial charge is 0.466 e. The quantitative estimate of drug-likeness (QED) is 0.0118. The summed E-state index contributed by atoms with van der Waals surface area (Å²) >= 11 is 37.8. The summed E-state index contributed by atoms with van der Waals surface area (Å²) in [6.45, 7) is 29.6. The van der Waals surface area contributed by atoms with Gasteiger partial charge in [0.05, 0.1) is 52.4 Å². The van der Waals surface area contributed by atoms with E-state index in [1.54, 1.807) is 68.6 Å². The number of halogens is 7. The smallest absolute Gasteiger partial charge is 0.339 e. The van der Waals surface area contributed by atoms with Gasteiger partial charge in [-0.25, -0.2) is 64.4 Å². The molecule has 0 unspecified atom stereocenters. The second-order valence-corrected chi connectivity index (χ2v) is 31.7. The summed E-state index contributed by atoms with van der Waals surface area (Å²) in [5.74, 6) is -1.23. The normalized spacial score (nSPS) is 10.2. The van der Waals surface area contributed by atoms with Crippen molar-refractivity contribution in [3.05, 3.63) is 142 Å². The third-order valence-corrected chi connectivity index (χ3v) is 15.8. The van der Waals surface area contributed by atoms with E-state index in [0.717, 1.165) is 99.9 Å². The average molecular weight is 1840 g/mol. The van der Waals surface area contributed by atoms with Crippen molar-refractivity contribution in [1.29, 1.82) is 0 Å². The van der Waals surface area contributed by atoms with Gasteiger partial charge in [-0.3, -0.25) is 23.7 Å². The van der Waals surface area contributed by atoms with Crippen LogP contribution < -0.4 is 11.3 Å². The molecule has 6 aromatic heterocycles. The van der Waals surface area contributed by atoms with E-state index in [4.69, 9.17) is 22.1 Å². The first-order chi connectivity index (χ1) is 46.3. The van der Waals surface area contributed by atoms with Crippen LogP contribution in [0.4, 0.5) is 0 Å². The number of fused-ring (bicyclic) bond motifs is 1. The maximum atomic E-state index is 11.2. The molecule has 0 fully saturated rings. The van der Waals surface area contributed by atoms with Crippen molar-refractivity contribution in [2.45, 2.75) is 127 Å². The van der Waals surface area contributed by atoms with Crippen molar-refractivity contribution in [3.8, 4) is 0 Å². The Hall–Kier alpha value is -3.68. The number of Topliss-reactive ketones (excluding diaryl/α,β-unsaturated/α-hetero) is 1. The monoisotopic (exact) mass is 1840 g/mol. The average Bonchev–Trinajstić information content (AvgIpc) is 0.826. The fourth-order valence-electron chi connectivity index (χ4n) is 6.12. The molecule has 6 aromatic rings. The molecule has 548 valence electrons. The highest BCUT2D eigenvalue weighted by atomic mass is 127. The highest BCUT2D eigenvalue weighted by Crippen LogP contribution is 2.61. The molecular formula is C61H83Br2Cl4IN13O10PS7. The Morgan fingerprint density at radius 2 is 1.04 bits per heavy atom. The third-order valence-electron chi connectivity index (χ3n) is 10.2. The Morgan fingerprint density at radius 1 is 0.636 bits per heavy atom.